The molecule has 2 N–H and O–H groups in total. The lowest BCUT2D eigenvalue weighted by atomic mass is 10.0. The second-order valence-corrected chi connectivity index (χ2v) is 8.37. The number of nitrogens with zero attached hydrogens (tertiary/aromatic N) is 7. The zero-order valence-corrected chi connectivity index (χ0v) is 20.4. The van der Waals surface area contributed by atoms with Gasteiger partial charge in [0.05, 0.1) is 52.4 Å². The van der Waals surface area contributed by atoms with Gasteiger partial charge in [-0.2, -0.15) is 15.3 Å². The molecule has 0 spiro atoms. The smallest absolute Gasteiger partial charge is 0.276 e. The number of hydrogen-bond donors (Lipinski definition) is 2. The monoisotopic (exact) mass is 483 g/mol. The van der Waals surface area contributed by atoms with E-state index in [4.69, 9.17) is 4.98 Å². The molecule has 0 aliphatic rings. The number of hydrogen-bond acceptors (Lipinski definition) is 6. The van der Waals surface area contributed by atoms with Gasteiger partial charge in [0.15, 0.2) is 0 Å². The molecule has 4 aromatic heterocycles. The maximum absolute atomic E-state index is 13.6. The minimum atomic E-state index is -0.392. The molecule has 182 valence electrons. The summed E-state index contributed by atoms with van der Waals surface area (Å²) in [6.45, 7) is 4.19. The zero-order chi connectivity index (χ0) is 25.4. The molecule has 1 aromatic carbocycles. The maximum atomic E-state index is 13.6. The first-order valence-corrected chi connectivity index (χ1v) is 11.4. The molecular formula is C25H25N9O2. The molecule has 5 rings (SSSR count). The first kappa shape index (κ1) is 23.0. The van der Waals surface area contributed by atoms with Gasteiger partial charge in [0.2, 0.25) is 0 Å². The lowest BCUT2D eigenvalue weighted by Crippen LogP contribution is -2.21. The lowest BCUT2D eigenvalue weighted by molar-refractivity contribution is 0.101. The van der Waals surface area contributed by atoms with Crippen LogP contribution in [0.1, 0.15) is 33.5 Å². The van der Waals surface area contributed by atoms with Crippen molar-refractivity contribution in [3.8, 4) is 11.3 Å². The number of pyridine rings is 1. The summed E-state index contributed by atoms with van der Waals surface area (Å²) in [5.41, 5.74) is 4.48. The van der Waals surface area contributed by atoms with E-state index in [0.717, 1.165) is 11.3 Å². The van der Waals surface area contributed by atoms with Crippen LogP contribution in [0.5, 0.6) is 0 Å². The van der Waals surface area contributed by atoms with E-state index in [-0.39, 0.29) is 11.6 Å². The SMILES string of the molecule is CCn1ncc(NC(=O)c2cc(-c3cnn(C)c3)nc3ccccc23)c1C(=O)Nc1cnn(C)c1C. The van der Waals surface area contributed by atoms with E-state index in [1.807, 2.05) is 51.4 Å². The van der Waals surface area contributed by atoms with Crippen LogP contribution in [-0.4, -0.2) is 46.1 Å². The highest BCUT2D eigenvalue weighted by Crippen LogP contribution is 2.26. The number of carbonyl (C=O) groups excluding carboxylic acids is 2. The van der Waals surface area contributed by atoms with Crippen LogP contribution in [0.2, 0.25) is 0 Å². The van der Waals surface area contributed by atoms with E-state index in [9.17, 15) is 9.59 Å². The van der Waals surface area contributed by atoms with Crippen LogP contribution in [-0.2, 0) is 20.6 Å². The predicted molar refractivity (Wildman–Crippen MR) is 136 cm³/mol. The van der Waals surface area contributed by atoms with Crippen LogP contribution in [0.4, 0.5) is 11.4 Å². The summed E-state index contributed by atoms with van der Waals surface area (Å²) in [4.78, 5) is 31.5. The fourth-order valence-electron chi connectivity index (χ4n) is 4.01. The van der Waals surface area contributed by atoms with E-state index >= 15 is 0 Å². The number of benzene rings is 1. The summed E-state index contributed by atoms with van der Waals surface area (Å²) < 4.78 is 4.89. The van der Waals surface area contributed by atoms with Gasteiger partial charge >= 0.3 is 0 Å². The van der Waals surface area contributed by atoms with Crippen molar-refractivity contribution in [3.63, 3.8) is 0 Å². The van der Waals surface area contributed by atoms with Crippen LogP contribution in [0.25, 0.3) is 22.2 Å². The Hall–Kier alpha value is -4.80. The Bertz CT molecular complexity index is 1610. The Morgan fingerprint density at radius 3 is 2.39 bits per heavy atom. The normalized spacial score (nSPS) is 11.1. The van der Waals surface area contributed by atoms with Crippen molar-refractivity contribution >= 4 is 34.1 Å². The van der Waals surface area contributed by atoms with E-state index in [2.05, 4.69) is 25.9 Å². The second-order valence-electron chi connectivity index (χ2n) is 8.37. The Labute approximate surface area is 206 Å². The van der Waals surface area contributed by atoms with Crippen LogP contribution >= 0.6 is 0 Å². The van der Waals surface area contributed by atoms with Crippen LogP contribution < -0.4 is 10.6 Å². The van der Waals surface area contributed by atoms with Crippen molar-refractivity contribution in [2.75, 3.05) is 10.6 Å². The molecule has 11 nitrogen and oxygen atoms in total. The standard InChI is InChI=1S/C25H25N9O2/c1-5-34-23(25(36)30-21-12-27-33(4)15(21)2)22(13-28-34)31-24(35)18-10-20(16-11-26-32(3)14-16)29-19-9-7-6-8-17(18)19/h6-14H,5H2,1-4H3,(H,30,36)(H,31,35). The molecule has 2 amide bonds. The van der Waals surface area contributed by atoms with E-state index in [0.29, 0.717) is 40.1 Å². The number of aromatic nitrogens is 7. The van der Waals surface area contributed by atoms with E-state index in [1.165, 1.54) is 6.20 Å². The van der Waals surface area contributed by atoms with E-state index in [1.54, 1.807) is 39.6 Å². The van der Waals surface area contributed by atoms with Gasteiger partial charge in [-0.05, 0) is 26.0 Å². The quantitative estimate of drug-likeness (QED) is 0.381. The number of anilines is 2. The molecule has 0 unspecified atom stereocenters. The predicted octanol–water partition coefficient (Wildman–Crippen LogP) is 3.40. The molecule has 36 heavy (non-hydrogen) atoms. The molecular weight excluding hydrogens is 458 g/mol. The summed E-state index contributed by atoms with van der Waals surface area (Å²) in [6, 6.07) is 9.17. The first-order chi connectivity index (χ1) is 17.4. The van der Waals surface area contributed by atoms with Gasteiger partial charge in [0.25, 0.3) is 11.8 Å². The van der Waals surface area contributed by atoms with Crippen molar-refractivity contribution in [2.45, 2.75) is 20.4 Å². The van der Waals surface area contributed by atoms with Crippen LogP contribution in [0.15, 0.2) is 55.1 Å². The summed E-state index contributed by atoms with van der Waals surface area (Å²) in [6.07, 6.45) is 6.61. The van der Waals surface area contributed by atoms with Crippen molar-refractivity contribution in [1.29, 1.82) is 0 Å². The zero-order valence-electron chi connectivity index (χ0n) is 20.4. The van der Waals surface area contributed by atoms with Gasteiger partial charge in [-0.3, -0.25) is 23.6 Å². The molecule has 0 atom stereocenters. The summed E-state index contributed by atoms with van der Waals surface area (Å²) in [5.74, 6) is -0.766. The molecule has 0 bridgehead atoms. The molecule has 5 aromatic rings. The minimum absolute atomic E-state index is 0.250. The largest absolute Gasteiger partial charge is 0.319 e. The Kier molecular flexibility index (Phi) is 5.80. The molecule has 0 saturated carbocycles. The van der Waals surface area contributed by atoms with Gasteiger partial charge in [-0.1, -0.05) is 18.2 Å². The number of rotatable bonds is 6. The number of nitrogens with one attached hydrogen (secondary N) is 2. The minimum Gasteiger partial charge on any atom is -0.319 e. The Balaban J connectivity index is 1.51. The topological polar surface area (TPSA) is 125 Å². The van der Waals surface area contributed by atoms with Gasteiger partial charge in [0, 0.05) is 37.8 Å². The fraction of sp³-hybridized carbons (Fsp3) is 0.200. The van der Waals surface area contributed by atoms with Crippen molar-refractivity contribution in [2.24, 2.45) is 14.1 Å². The average molecular weight is 484 g/mol. The number of amides is 2. The average Bonchev–Trinajstić information content (AvgIpc) is 3.58. The van der Waals surface area contributed by atoms with Crippen LogP contribution in [0.3, 0.4) is 0 Å². The molecule has 0 aliphatic carbocycles. The molecule has 0 radical (unpaired) electrons. The van der Waals surface area contributed by atoms with Crippen molar-refractivity contribution in [3.05, 3.63) is 72.1 Å². The molecule has 0 saturated heterocycles. The highest BCUT2D eigenvalue weighted by Gasteiger charge is 2.23. The summed E-state index contributed by atoms with van der Waals surface area (Å²) in [5, 5.41) is 19.1. The Morgan fingerprint density at radius 1 is 0.944 bits per heavy atom. The lowest BCUT2D eigenvalue weighted by Gasteiger charge is -2.12. The summed E-state index contributed by atoms with van der Waals surface area (Å²) >= 11 is 0. The second kappa shape index (κ2) is 9.10. The molecule has 0 aliphatic heterocycles. The highest BCUT2D eigenvalue weighted by molar-refractivity contribution is 6.16. The van der Waals surface area contributed by atoms with Gasteiger partial charge in [-0.15, -0.1) is 0 Å². The highest BCUT2D eigenvalue weighted by atomic mass is 16.2. The molecule has 11 heteroatoms. The number of aryl methyl sites for hydroxylation is 3. The van der Waals surface area contributed by atoms with Gasteiger partial charge < -0.3 is 10.6 Å². The number of para-hydroxylation sites is 1. The van der Waals surface area contributed by atoms with Gasteiger partial charge in [0.1, 0.15) is 5.69 Å². The molecule has 4 heterocycles. The van der Waals surface area contributed by atoms with Crippen molar-refractivity contribution in [1.82, 2.24) is 34.3 Å². The first-order valence-electron chi connectivity index (χ1n) is 11.4. The molecule has 0 fully saturated rings. The third kappa shape index (κ3) is 4.11. The number of carbonyl (C=O) groups is 2. The maximum Gasteiger partial charge on any atom is 0.276 e. The Morgan fingerprint density at radius 2 is 1.69 bits per heavy atom. The van der Waals surface area contributed by atoms with Gasteiger partial charge in [-0.25, -0.2) is 4.98 Å². The number of fused-ring (bicyclic) bond motifs is 1. The third-order valence-electron chi connectivity index (χ3n) is 6.05. The van der Waals surface area contributed by atoms with Crippen molar-refractivity contribution < 1.29 is 9.59 Å². The summed E-state index contributed by atoms with van der Waals surface area (Å²) in [7, 11) is 3.62. The van der Waals surface area contributed by atoms with E-state index < -0.39 is 5.91 Å². The fourth-order valence-corrected chi connectivity index (χ4v) is 4.01. The third-order valence-corrected chi connectivity index (χ3v) is 6.05. The van der Waals surface area contributed by atoms with Crippen LogP contribution in [0, 0.1) is 6.92 Å².